The minimum Gasteiger partial charge on any atom is -0.391 e. The second kappa shape index (κ2) is 7.78. The van der Waals surface area contributed by atoms with Gasteiger partial charge in [0.15, 0.2) is 0 Å². The zero-order chi connectivity index (χ0) is 13.0. The summed E-state index contributed by atoms with van der Waals surface area (Å²) in [7, 11) is 0. The van der Waals surface area contributed by atoms with E-state index in [-0.39, 0.29) is 18.4 Å². The molecule has 0 unspecified atom stereocenters. The summed E-state index contributed by atoms with van der Waals surface area (Å²) < 4.78 is 0. The molecule has 0 heterocycles. The fourth-order valence-corrected chi connectivity index (χ4v) is 1.95. The van der Waals surface area contributed by atoms with Crippen molar-refractivity contribution in [2.45, 2.75) is 52.2 Å². The number of hydrogen-bond acceptors (Lipinski definition) is 2. The van der Waals surface area contributed by atoms with Gasteiger partial charge in [0.1, 0.15) is 0 Å². The molecule has 0 saturated heterocycles. The van der Waals surface area contributed by atoms with E-state index in [1.807, 2.05) is 12.1 Å². The Labute approximate surface area is 117 Å². The zero-order valence-electron chi connectivity index (χ0n) is 11.8. The van der Waals surface area contributed by atoms with Crippen molar-refractivity contribution in [3.05, 3.63) is 35.4 Å². The van der Waals surface area contributed by atoms with Gasteiger partial charge >= 0.3 is 0 Å². The van der Waals surface area contributed by atoms with E-state index in [0.29, 0.717) is 11.8 Å². The number of halogens is 1. The van der Waals surface area contributed by atoms with Crippen LogP contribution in [0.1, 0.15) is 57.2 Å². The minimum atomic E-state index is -0.458. The van der Waals surface area contributed by atoms with Gasteiger partial charge in [0, 0.05) is 0 Å². The molecule has 3 heteroatoms. The fourth-order valence-electron chi connectivity index (χ4n) is 1.95. The lowest BCUT2D eigenvalue weighted by Crippen LogP contribution is -2.27. The van der Waals surface area contributed by atoms with Crippen molar-refractivity contribution in [1.29, 1.82) is 0 Å². The molecule has 2 atom stereocenters. The Morgan fingerprint density at radius 3 is 1.83 bits per heavy atom. The lowest BCUT2D eigenvalue weighted by atomic mass is 9.93. The molecular weight excluding hydrogens is 246 g/mol. The Morgan fingerprint density at radius 2 is 1.44 bits per heavy atom. The molecule has 3 N–H and O–H groups in total. The Bertz CT molecular complexity index is 335. The van der Waals surface area contributed by atoms with E-state index in [0.717, 1.165) is 12.0 Å². The van der Waals surface area contributed by atoms with Crippen LogP contribution in [0.5, 0.6) is 0 Å². The van der Waals surface area contributed by atoms with Gasteiger partial charge in [-0.25, -0.2) is 0 Å². The number of benzene rings is 1. The molecule has 0 aliphatic carbocycles. The Kier molecular flexibility index (Phi) is 7.53. The maximum absolute atomic E-state index is 10.00. The van der Waals surface area contributed by atoms with Crippen LogP contribution in [0.25, 0.3) is 0 Å². The van der Waals surface area contributed by atoms with Crippen LogP contribution in [0.4, 0.5) is 0 Å². The van der Waals surface area contributed by atoms with E-state index in [9.17, 15) is 5.11 Å². The van der Waals surface area contributed by atoms with Gasteiger partial charge in [-0.05, 0) is 29.4 Å². The van der Waals surface area contributed by atoms with E-state index in [4.69, 9.17) is 5.73 Å². The monoisotopic (exact) mass is 271 g/mol. The molecule has 0 aliphatic rings. The molecule has 2 nitrogen and oxygen atoms in total. The van der Waals surface area contributed by atoms with Crippen molar-refractivity contribution in [2.24, 2.45) is 11.7 Å². The average molecular weight is 272 g/mol. The van der Waals surface area contributed by atoms with Crippen LogP contribution in [0.2, 0.25) is 0 Å². The van der Waals surface area contributed by atoms with Crippen LogP contribution in [-0.2, 0) is 0 Å². The molecule has 0 aromatic heterocycles. The lowest BCUT2D eigenvalue weighted by molar-refractivity contribution is 0.121. The molecule has 0 saturated carbocycles. The molecule has 0 spiro atoms. The predicted molar refractivity (Wildman–Crippen MR) is 80.2 cm³/mol. The first-order valence-electron chi connectivity index (χ1n) is 6.45. The first kappa shape index (κ1) is 17.4. The van der Waals surface area contributed by atoms with Gasteiger partial charge in [0.05, 0.1) is 12.1 Å². The highest BCUT2D eigenvalue weighted by atomic mass is 35.5. The summed E-state index contributed by atoms with van der Waals surface area (Å²) in [5.74, 6) is 0.992. The fraction of sp³-hybridized carbons (Fsp3) is 0.600. The van der Waals surface area contributed by atoms with Crippen LogP contribution in [-0.4, -0.2) is 11.2 Å². The third-order valence-electron chi connectivity index (χ3n) is 3.12. The van der Waals surface area contributed by atoms with E-state index >= 15 is 0 Å². The van der Waals surface area contributed by atoms with Gasteiger partial charge in [-0.1, -0.05) is 52.0 Å². The van der Waals surface area contributed by atoms with Crippen LogP contribution in [0.15, 0.2) is 24.3 Å². The van der Waals surface area contributed by atoms with Crippen LogP contribution >= 0.6 is 12.4 Å². The molecule has 18 heavy (non-hydrogen) atoms. The summed E-state index contributed by atoms with van der Waals surface area (Å²) in [6.45, 7) is 8.53. The molecule has 0 aliphatic heterocycles. The predicted octanol–water partition coefficient (Wildman–Crippen LogP) is 3.64. The molecule has 0 radical (unpaired) electrons. The van der Waals surface area contributed by atoms with Crippen molar-refractivity contribution in [3.63, 3.8) is 0 Å². The normalized spacial score (nSPS) is 14.4. The molecule has 104 valence electrons. The largest absolute Gasteiger partial charge is 0.391 e. The topological polar surface area (TPSA) is 46.2 Å². The van der Waals surface area contributed by atoms with Crippen molar-refractivity contribution in [2.75, 3.05) is 0 Å². The Balaban J connectivity index is 0.00000289. The smallest absolute Gasteiger partial charge is 0.0735 e. The summed E-state index contributed by atoms with van der Waals surface area (Å²) in [6.07, 6.45) is 0.285. The highest BCUT2D eigenvalue weighted by Crippen LogP contribution is 2.22. The minimum absolute atomic E-state index is 0. The summed E-state index contributed by atoms with van der Waals surface area (Å²) in [4.78, 5) is 0. The van der Waals surface area contributed by atoms with Crippen LogP contribution < -0.4 is 5.73 Å². The highest BCUT2D eigenvalue weighted by molar-refractivity contribution is 5.85. The van der Waals surface area contributed by atoms with Gasteiger partial charge in [0.2, 0.25) is 0 Å². The molecule has 1 aromatic carbocycles. The number of nitrogens with two attached hydrogens (primary N) is 1. The maximum atomic E-state index is 10.00. The van der Waals surface area contributed by atoms with E-state index in [1.54, 1.807) is 0 Å². The van der Waals surface area contributed by atoms with E-state index in [1.165, 1.54) is 5.56 Å². The summed E-state index contributed by atoms with van der Waals surface area (Å²) in [5.41, 5.74) is 8.38. The second-order valence-electron chi connectivity index (χ2n) is 5.54. The Hall–Kier alpha value is -0.570. The molecule has 0 bridgehead atoms. The lowest BCUT2D eigenvalue weighted by Gasteiger charge is -2.21. The quantitative estimate of drug-likeness (QED) is 0.859. The van der Waals surface area contributed by atoms with Crippen LogP contribution in [0, 0.1) is 5.92 Å². The third kappa shape index (κ3) is 4.97. The van der Waals surface area contributed by atoms with Crippen molar-refractivity contribution < 1.29 is 5.11 Å². The van der Waals surface area contributed by atoms with Crippen molar-refractivity contribution >= 4 is 12.4 Å². The summed E-state index contributed by atoms with van der Waals surface area (Å²) >= 11 is 0. The average Bonchev–Trinajstić information content (AvgIpc) is 2.27. The van der Waals surface area contributed by atoms with Gasteiger partial charge in [-0.2, -0.15) is 0 Å². The van der Waals surface area contributed by atoms with Gasteiger partial charge < -0.3 is 10.8 Å². The number of rotatable bonds is 5. The van der Waals surface area contributed by atoms with Gasteiger partial charge in [-0.15, -0.1) is 12.4 Å². The number of hydrogen-bond donors (Lipinski definition) is 2. The first-order chi connectivity index (χ1) is 7.91. The van der Waals surface area contributed by atoms with Gasteiger partial charge in [0.25, 0.3) is 0 Å². The van der Waals surface area contributed by atoms with E-state index in [2.05, 4.69) is 39.8 Å². The highest BCUT2D eigenvalue weighted by Gasteiger charge is 2.17. The van der Waals surface area contributed by atoms with Gasteiger partial charge in [-0.3, -0.25) is 0 Å². The standard InChI is InChI=1S/C15H25NO.ClH/c1-10(2)9-14(17)15(16)13-7-5-12(6-8-13)11(3)4;/h5-8,10-11,14-15,17H,9,16H2,1-4H3;1H/t14-,15+;/m0./s1. The van der Waals surface area contributed by atoms with Crippen molar-refractivity contribution in [1.82, 2.24) is 0 Å². The second-order valence-corrected chi connectivity index (χ2v) is 5.54. The Morgan fingerprint density at radius 1 is 1.00 bits per heavy atom. The first-order valence-corrected chi connectivity index (χ1v) is 6.45. The SMILES string of the molecule is CC(C)C[C@H](O)[C@H](N)c1ccc(C(C)C)cc1.Cl. The zero-order valence-corrected chi connectivity index (χ0v) is 12.6. The number of aliphatic hydroxyl groups is 1. The number of aliphatic hydroxyl groups excluding tert-OH is 1. The van der Waals surface area contributed by atoms with E-state index < -0.39 is 6.10 Å². The van der Waals surface area contributed by atoms with Crippen LogP contribution in [0.3, 0.4) is 0 Å². The van der Waals surface area contributed by atoms with Crippen molar-refractivity contribution in [3.8, 4) is 0 Å². The molecule has 0 fully saturated rings. The third-order valence-corrected chi connectivity index (χ3v) is 3.12. The molecule has 1 rings (SSSR count). The molecule has 0 amide bonds. The summed E-state index contributed by atoms with van der Waals surface area (Å²) in [6, 6.07) is 7.98. The maximum Gasteiger partial charge on any atom is 0.0735 e. The summed E-state index contributed by atoms with van der Waals surface area (Å²) in [5, 5.41) is 10.00. The molecule has 1 aromatic rings. The molecular formula is C15H26ClNO.